The molecule has 0 radical (unpaired) electrons. The highest BCUT2D eigenvalue weighted by atomic mass is 16.5. The average molecular weight is 237 g/mol. The largest absolute Gasteiger partial charge is 0.453 e. The van der Waals surface area contributed by atoms with E-state index in [2.05, 4.69) is 4.74 Å². The summed E-state index contributed by atoms with van der Waals surface area (Å²) >= 11 is 0. The van der Waals surface area contributed by atoms with E-state index < -0.39 is 12.0 Å². The summed E-state index contributed by atoms with van der Waals surface area (Å²) in [5.74, 6) is -0.607. The van der Waals surface area contributed by atoms with Crippen LogP contribution >= 0.6 is 0 Å². The van der Waals surface area contributed by atoms with Gasteiger partial charge in [-0.15, -0.1) is 0 Å². The van der Waals surface area contributed by atoms with Crippen molar-refractivity contribution in [3.05, 3.63) is 29.8 Å². The third-order valence-electron chi connectivity index (χ3n) is 2.20. The summed E-state index contributed by atoms with van der Waals surface area (Å²) in [5.41, 5.74) is 12.1. The molecule has 0 aliphatic rings. The van der Waals surface area contributed by atoms with Crippen molar-refractivity contribution in [2.75, 3.05) is 19.4 Å². The van der Waals surface area contributed by atoms with Gasteiger partial charge in [0.15, 0.2) is 0 Å². The van der Waals surface area contributed by atoms with E-state index in [0.29, 0.717) is 5.69 Å². The monoisotopic (exact) mass is 237 g/mol. The maximum atomic E-state index is 11.4. The Kier molecular flexibility index (Phi) is 4.33. The zero-order chi connectivity index (χ0) is 12.8. The highest BCUT2D eigenvalue weighted by molar-refractivity contribution is 5.80. The lowest BCUT2D eigenvalue weighted by Gasteiger charge is -2.20. The van der Waals surface area contributed by atoms with Crippen LogP contribution in [0.4, 0.5) is 10.5 Å². The van der Waals surface area contributed by atoms with Crippen LogP contribution in [0.15, 0.2) is 24.3 Å². The number of nitrogen functional groups attached to an aromatic ring is 1. The van der Waals surface area contributed by atoms with Crippen LogP contribution in [0.3, 0.4) is 0 Å². The third kappa shape index (κ3) is 3.67. The molecule has 1 aromatic carbocycles. The highest BCUT2D eigenvalue weighted by Crippen LogP contribution is 2.13. The molecule has 0 unspecified atom stereocenters. The van der Waals surface area contributed by atoms with Crippen molar-refractivity contribution < 1.29 is 14.3 Å². The molecule has 1 rings (SSSR count). The molecule has 0 saturated carbocycles. The molecule has 0 aromatic heterocycles. The molecule has 17 heavy (non-hydrogen) atoms. The minimum absolute atomic E-state index is 0.183. The maximum absolute atomic E-state index is 11.4. The Bertz CT molecular complexity index is 420. The van der Waals surface area contributed by atoms with Crippen molar-refractivity contribution in [1.29, 1.82) is 0 Å². The fourth-order valence-corrected chi connectivity index (χ4v) is 1.39. The number of anilines is 1. The van der Waals surface area contributed by atoms with E-state index in [1.54, 1.807) is 24.3 Å². The van der Waals surface area contributed by atoms with Crippen LogP contribution in [-0.2, 0) is 16.1 Å². The number of methoxy groups -OCH3 is 1. The Morgan fingerprint density at radius 3 is 2.53 bits per heavy atom. The lowest BCUT2D eigenvalue weighted by molar-refractivity contribution is -0.119. The third-order valence-corrected chi connectivity index (χ3v) is 2.20. The Morgan fingerprint density at radius 1 is 1.35 bits per heavy atom. The number of para-hydroxylation sites is 1. The van der Waals surface area contributed by atoms with Gasteiger partial charge in [0.25, 0.3) is 0 Å². The Balaban J connectivity index is 2.82. The first-order valence-corrected chi connectivity index (χ1v) is 4.99. The van der Waals surface area contributed by atoms with E-state index in [0.717, 1.165) is 5.56 Å². The van der Waals surface area contributed by atoms with Gasteiger partial charge in [-0.1, -0.05) is 18.2 Å². The second-order valence-electron chi connectivity index (χ2n) is 3.49. The Morgan fingerprint density at radius 2 is 2.00 bits per heavy atom. The lowest BCUT2D eigenvalue weighted by Crippen LogP contribution is -2.38. The average Bonchev–Trinajstić information content (AvgIpc) is 2.29. The van der Waals surface area contributed by atoms with Gasteiger partial charge in [0.05, 0.1) is 13.7 Å². The molecule has 0 bridgehead atoms. The lowest BCUT2D eigenvalue weighted by atomic mass is 10.1. The maximum Gasteiger partial charge on any atom is 0.410 e. The topological polar surface area (TPSA) is 98.6 Å². The van der Waals surface area contributed by atoms with Crippen LogP contribution in [0.2, 0.25) is 0 Å². The van der Waals surface area contributed by atoms with E-state index in [1.165, 1.54) is 12.0 Å². The highest BCUT2D eigenvalue weighted by Gasteiger charge is 2.17. The Hall–Kier alpha value is -2.24. The predicted molar refractivity (Wildman–Crippen MR) is 62.9 cm³/mol. The van der Waals surface area contributed by atoms with E-state index in [1.807, 2.05) is 0 Å². The van der Waals surface area contributed by atoms with Gasteiger partial charge >= 0.3 is 6.09 Å². The number of primary amides is 1. The van der Waals surface area contributed by atoms with Crippen molar-refractivity contribution in [2.45, 2.75) is 6.54 Å². The molecule has 0 heterocycles. The molecule has 2 amide bonds. The van der Waals surface area contributed by atoms with E-state index in [4.69, 9.17) is 11.5 Å². The van der Waals surface area contributed by atoms with Gasteiger partial charge in [-0.3, -0.25) is 9.69 Å². The molecule has 0 atom stereocenters. The zero-order valence-electron chi connectivity index (χ0n) is 9.55. The number of rotatable bonds is 4. The minimum Gasteiger partial charge on any atom is -0.453 e. The molecule has 1 aromatic rings. The molecule has 0 aliphatic heterocycles. The predicted octanol–water partition coefficient (Wildman–Crippen LogP) is 0.322. The number of carbonyl (C=O) groups is 2. The number of benzene rings is 1. The van der Waals surface area contributed by atoms with Crippen molar-refractivity contribution in [3.8, 4) is 0 Å². The van der Waals surface area contributed by atoms with Crippen LogP contribution in [0.5, 0.6) is 0 Å². The van der Waals surface area contributed by atoms with Gasteiger partial charge in [0, 0.05) is 5.69 Å². The zero-order valence-corrected chi connectivity index (χ0v) is 9.55. The molecule has 6 heteroatoms. The quantitative estimate of drug-likeness (QED) is 0.737. The summed E-state index contributed by atoms with van der Waals surface area (Å²) in [6.07, 6.45) is -0.618. The summed E-state index contributed by atoms with van der Waals surface area (Å²) in [7, 11) is 1.24. The van der Waals surface area contributed by atoms with Gasteiger partial charge < -0.3 is 16.2 Å². The van der Waals surface area contributed by atoms with Crippen molar-refractivity contribution >= 4 is 17.7 Å². The summed E-state index contributed by atoms with van der Waals surface area (Å²) in [5, 5.41) is 0. The fraction of sp³-hybridized carbons (Fsp3) is 0.273. The number of hydrogen-bond acceptors (Lipinski definition) is 4. The van der Waals surface area contributed by atoms with Crippen molar-refractivity contribution in [2.24, 2.45) is 5.73 Å². The summed E-state index contributed by atoms with van der Waals surface area (Å²) in [4.78, 5) is 23.5. The number of hydrogen-bond donors (Lipinski definition) is 2. The number of carbonyl (C=O) groups excluding carboxylic acids is 2. The number of nitrogens with zero attached hydrogens (tertiary/aromatic N) is 1. The molecule has 0 aliphatic carbocycles. The normalized spacial score (nSPS) is 9.71. The summed E-state index contributed by atoms with van der Waals surface area (Å²) < 4.78 is 4.56. The summed E-state index contributed by atoms with van der Waals surface area (Å²) in [6.45, 7) is -0.0245. The summed E-state index contributed by atoms with van der Waals surface area (Å²) in [6, 6.07) is 7.07. The number of amides is 2. The van der Waals surface area contributed by atoms with E-state index >= 15 is 0 Å². The molecule has 0 spiro atoms. The van der Waals surface area contributed by atoms with Crippen LogP contribution in [0, 0.1) is 0 Å². The molecular weight excluding hydrogens is 222 g/mol. The number of nitrogens with two attached hydrogens (primary N) is 2. The second-order valence-corrected chi connectivity index (χ2v) is 3.49. The van der Waals surface area contributed by atoms with Gasteiger partial charge in [-0.05, 0) is 11.6 Å². The van der Waals surface area contributed by atoms with Gasteiger partial charge in [-0.25, -0.2) is 4.79 Å². The van der Waals surface area contributed by atoms with E-state index in [-0.39, 0.29) is 13.1 Å². The Labute approximate surface area is 99.1 Å². The van der Waals surface area contributed by atoms with Gasteiger partial charge in [0.1, 0.15) is 6.54 Å². The van der Waals surface area contributed by atoms with Crippen LogP contribution in [0.25, 0.3) is 0 Å². The molecule has 0 fully saturated rings. The van der Waals surface area contributed by atoms with Crippen LogP contribution < -0.4 is 11.5 Å². The molecule has 6 nitrogen and oxygen atoms in total. The first-order chi connectivity index (χ1) is 8.04. The fourth-order valence-electron chi connectivity index (χ4n) is 1.39. The molecule has 0 saturated heterocycles. The molecule has 4 N–H and O–H groups in total. The SMILES string of the molecule is COC(=O)N(CC(N)=O)Cc1ccccc1N. The molecular formula is C11H15N3O3. The number of ether oxygens (including phenoxy) is 1. The van der Waals surface area contributed by atoms with Gasteiger partial charge in [0.2, 0.25) is 5.91 Å². The van der Waals surface area contributed by atoms with Crippen molar-refractivity contribution in [1.82, 2.24) is 4.90 Å². The minimum atomic E-state index is -0.618. The first-order valence-electron chi connectivity index (χ1n) is 4.99. The van der Waals surface area contributed by atoms with Crippen LogP contribution in [0.1, 0.15) is 5.56 Å². The van der Waals surface area contributed by atoms with E-state index in [9.17, 15) is 9.59 Å². The van der Waals surface area contributed by atoms with Crippen molar-refractivity contribution in [3.63, 3.8) is 0 Å². The van der Waals surface area contributed by atoms with Gasteiger partial charge in [-0.2, -0.15) is 0 Å². The molecule has 92 valence electrons. The standard InChI is InChI=1S/C11H15N3O3/c1-17-11(16)14(7-10(13)15)6-8-4-2-3-5-9(8)12/h2-5H,6-7,12H2,1H3,(H2,13,15). The smallest absolute Gasteiger partial charge is 0.410 e. The van der Waals surface area contributed by atoms with Crippen LogP contribution in [-0.4, -0.2) is 30.6 Å². The second kappa shape index (κ2) is 5.74. The first kappa shape index (κ1) is 12.8.